The number of aliphatic carboxylic acids is 4. The van der Waals surface area contributed by atoms with Gasteiger partial charge in [-0.3, -0.25) is 126 Å². The lowest BCUT2D eigenvalue weighted by Gasteiger charge is -2.34. The molecule has 2 saturated heterocycles. The Morgan fingerprint density at radius 2 is 0.796 bits per heavy atom. The molecule has 2 aromatic rings. The highest BCUT2D eigenvalue weighted by molar-refractivity contribution is 8.14. The Balaban J connectivity index is 0.00000140. The fraction of sp³-hybridized carbons (Fsp3) is 0.671. The highest BCUT2D eigenvalue weighted by Crippen LogP contribution is 2.12. The summed E-state index contributed by atoms with van der Waals surface area (Å²) in [6, 6.07) is 13.4. The van der Waals surface area contributed by atoms with Crippen LogP contribution in [0.5, 0.6) is 0 Å². The van der Waals surface area contributed by atoms with Crippen LogP contribution in [0.15, 0.2) is 48.8 Å². The third-order valence-electron chi connectivity index (χ3n) is 17.0. The first kappa shape index (κ1) is 104. The molecule has 4 heterocycles. The predicted octanol–water partition coefficient (Wildman–Crippen LogP) is -1.05. The van der Waals surface area contributed by atoms with Gasteiger partial charge >= 0.3 is 23.9 Å². The van der Waals surface area contributed by atoms with Crippen molar-refractivity contribution in [3.05, 3.63) is 60.2 Å². The molecule has 113 heavy (non-hydrogen) atoms. The van der Waals surface area contributed by atoms with E-state index >= 15 is 0 Å². The number of thioether (sulfide) groups is 1. The van der Waals surface area contributed by atoms with E-state index in [9.17, 15) is 67.1 Å². The second-order valence-corrected chi connectivity index (χ2v) is 28.5. The van der Waals surface area contributed by atoms with Gasteiger partial charge < -0.3 is 60.1 Å². The molecule has 0 unspecified atom stereocenters. The summed E-state index contributed by atoms with van der Waals surface area (Å²) in [5, 5.41) is 43.1. The van der Waals surface area contributed by atoms with Crippen LogP contribution in [-0.2, 0) is 104 Å². The van der Waals surface area contributed by atoms with Crippen molar-refractivity contribution in [2.45, 2.75) is 113 Å². The molecule has 2 fully saturated rings. The topological polar surface area (TPSA) is 464 Å². The van der Waals surface area contributed by atoms with Crippen molar-refractivity contribution >= 4 is 96.6 Å². The number of carboxylic acids is 4. The van der Waals surface area contributed by atoms with Gasteiger partial charge in [-0.15, -0.1) is 0 Å². The minimum absolute atomic E-state index is 0.0499. The molecule has 3 amide bonds. The Bertz CT molecular complexity index is 2980. The number of ether oxygens (including phenoxy) is 5. The Morgan fingerprint density at radius 1 is 0.442 bits per heavy atom. The number of pyridine rings is 2. The van der Waals surface area contributed by atoms with Crippen LogP contribution in [0.2, 0.25) is 0 Å². The number of carbonyl (C=O) groups excluding carboxylic acids is 10. The molecule has 39 nitrogen and oxygen atoms in total. The van der Waals surface area contributed by atoms with Gasteiger partial charge in [0.25, 0.3) is 32.4 Å². The van der Waals surface area contributed by atoms with Crippen molar-refractivity contribution in [1.82, 2.24) is 79.8 Å². The van der Waals surface area contributed by atoms with E-state index in [1.807, 2.05) is 75.0 Å². The standard InChI is InChI=1S/C17H32N4O6.C15H27N3O8.C15H19N3.C13H21N3O5S.C13H25N3O4/c1-15(2)21-9-7-19(12-17(25)26)4-3-18(11-16(23)24)5-6-20(8-10-21)13-27-14-22;1-14(2)18(10-26-13-21)6-5-16(7-15(22)23)3-4-17(8-24-11-19)9-25-12-20;1-13(2)18(11-14-7-3-5-9-16-14)12-15-8-4-6-10-17-15;1-8(2)10(18)4-14-11(19)5-15-12(20)6-16-13(21)7-22-9(3)17;1-12(2)16-7-5-14(9-13(18)19)3-4-15(6-8-16)10-20-11-17/h14-15H,3-13H2,1-2H3,(H,23,24)(H,25,26);11-14H,3-10H2,1-2H3,(H,22,23);3-10,13H,11-12H2,1-2H3;8H,4-7H2,1-3H3,(H,14,19)(H,15,20)(H,16,21);11-12H,3-10H2,1-2H3,(H,18,19). The van der Waals surface area contributed by atoms with Crippen LogP contribution in [-0.4, -0.2) is 396 Å². The number of rotatable bonds is 46. The van der Waals surface area contributed by atoms with Gasteiger partial charge in [0.1, 0.15) is 33.7 Å². The number of hydrogen-bond acceptors (Lipinski definition) is 33. The molecule has 2 aliphatic rings. The third kappa shape index (κ3) is 57.0. The van der Waals surface area contributed by atoms with Gasteiger partial charge in [-0.2, -0.15) is 0 Å². The Kier molecular flexibility index (Phi) is 59.5. The summed E-state index contributed by atoms with van der Waals surface area (Å²) >= 11 is 0.842. The number of aromatic nitrogens is 2. The molecule has 0 radical (unpaired) electrons. The van der Waals surface area contributed by atoms with E-state index in [4.69, 9.17) is 34.6 Å². The van der Waals surface area contributed by atoms with E-state index in [0.717, 1.165) is 69.0 Å². The number of carboxylic acid groups (broad SMARTS) is 4. The second kappa shape index (κ2) is 64.6. The molecule has 0 spiro atoms. The van der Waals surface area contributed by atoms with Crippen LogP contribution in [0.4, 0.5) is 0 Å². The molecule has 0 saturated carbocycles. The average molecular weight is 1630 g/mol. The summed E-state index contributed by atoms with van der Waals surface area (Å²) in [7, 11) is 0. The van der Waals surface area contributed by atoms with Crippen molar-refractivity contribution in [3.63, 3.8) is 0 Å². The van der Waals surface area contributed by atoms with Crippen molar-refractivity contribution in [3.8, 4) is 0 Å². The molecule has 0 aromatic carbocycles. The Hall–Kier alpha value is -8.81. The van der Waals surface area contributed by atoms with Gasteiger partial charge in [-0.1, -0.05) is 37.7 Å². The van der Waals surface area contributed by atoms with Gasteiger partial charge in [-0.05, 0) is 79.7 Å². The number of carbonyl (C=O) groups is 14. The predicted molar refractivity (Wildman–Crippen MR) is 416 cm³/mol. The van der Waals surface area contributed by atoms with Crippen molar-refractivity contribution in [2.24, 2.45) is 5.92 Å². The summed E-state index contributed by atoms with van der Waals surface area (Å²) in [6.45, 7) is 35.4. The van der Waals surface area contributed by atoms with E-state index in [1.165, 1.54) is 11.8 Å². The highest BCUT2D eigenvalue weighted by atomic mass is 32.2. The molecular formula is C73H124N16O23S. The molecule has 2 aromatic heterocycles. The zero-order valence-electron chi connectivity index (χ0n) is 67.5. The molecule has 640 valence electrons. The SMILES string of the molecule is CC(=O)SCC(=O)NCC(=O)NCC(=O)NCC(=O)C(C)C.CC(C)N(CCN(CCN(COC=O)COC=O)CC(=O)O)COC=O.CC(C)N(Cc1ccccn1)Cc1ccccn1.CC(C)N1CCN(COC=O)CCN(CC(=O)O)CC1.CC(C)N1CCN(COC=O)CCN(CC(=O)O)CCN(CC(=O)O)CC1. The summed E-state index contributed by atoms with van der Waals surface area (Å²) in [5.41, 5.74) is 2.20. The minimum Gasteiger partial charge on any atom is -0.480 e. The van der Waals surface area contributed by atoms with E-state index in [1.54, 1.807) is 23.6 Å². The number of amides is 3. The van der Waals surface area contributed by atoms with Crippen molar-refractivity contribution in [2.75, 3.05) is 203 Å². The van der Waals surface area contributed by atoms with Gasteiger partial charge in [0.2, 0.25) is 17.7 Å². The number of ketones is 1. The van der Waals surface area contributed by atoms with Crippen LogP contribution in [0.1, 0.15) is 87.5 Å². The summed E-state index contributed by atoms with van der Waals surface area (Å²) in [4.78, 5) is 182. The molecule has 7 N–H and O–H groups in total. The molecule has 2 aliphatic heterocycles. The van der Waals surface area contributed by atoms with Crippen LogP contribution in [0, 0.1) is 5.92 Å². The Morgan fingerprint density at radius 3 is 1.14 bits per heavy atom. The van der Waals surface area contributed by atoms with Crippen LogP contribution in [0.25, 0.3) is 0 Å². The molecule has 4 rings (SSSR count). The summed E-state index contributed by atoms with van der Waals surface area (Å²) < 4.78 is 23.7. The maximum Gasteiger partial charge on any atom is 0.317 e. The zero-order valence-corrected chi connectivity index (χ0v) is 68.3. The smallest absolute Gasteiger partial charge is 0.317 e. The van der Waals surface area contributed by atoms with Gasteiger partial charge in [0, 0.05) is 180 Å². The lowest BCUT2D eigenvalue weighted by molar-refractivity contribution is -0.142. The number of hydrogen-bond donors (Lipinski definition) is 7. The van der Waals surface area contributed by atoms with E-state index < -0.39 is 41.6 Å². The van der Waals surface area contributed by atoms with Crippen LogP contribution < -0.4 is 16.0 Å². The maximum atomic E-state index is 11.4. The molecule has 0 atom stereocenters. The van der Waals surface area contributed by atoms with Gasteiger partial charge in [0.15, 0.2) is 10.9 Å². The lowest BCUT2D eigenvalue weighted by Crippen LogP contribution is -2.49. The number of Topliss-reactive ketones (excluding diaryl/α,β-unsaturated/α-hetero) is 1. The van der Waals surface area contributed by atoms with E-state index in [-0.39, 0.29) is 121 Å². The second-order valence-electron chi connectivity index (χ2n) is 27.3. The summed E-state index contributed by atoms with van der Waals surface area (Å²) in [5.74, 6) is -5.39. The average Bonchev–Trinajstić information content (AvgIpc) is 1.20. The van der Waals surface area contributed by atoms with Crippen molar-refractivity contribution < 1.29 is 111 Å². The summed E-state index contributed by atoms with van der Waals surface area (Å²) in [6.07, 6.45) is 3.68. The maximum absolute atomic E-state index is 11.4. The lowest BCUT2D eigenvalue weighted by atomic mass is 10.1. The van der Waals surface area contributed by atoms with Gasteiger partial charge in [0.05, 0.1) is 63.0 Å². The number of nitrogens with one attached hydrogen (secondary N) is 3. The fourth-order valence-electron chi connectivity index (χ4n) is 10.3. The third-order valence-corrected chi connectivity index (χ3v) is 17.8. The molecule has 0 aliphatic carbocycles. The minimum atomic E-state index is -0.981. The quantitative estimate of drug-likeness (QED) is 0.0236. The largest absolute Gasteiger partial charge is 0.480 e. The first-order chi connectivity index (χ1) is 53.7. The van der Waals surface area contributed by atoms with Crippen LogP contribution in [0.3, 0.4) is 0 Å². The van der Waals surface area contributed by atoms with Crippen LogP contribution >= 0.6 is 11.8 Å². The first-order valence-corrected chi connectivity index (χ1v) is 38.2. The van der Waals surface area contributed by atoms with E-state index in [2.05, 4.69) is 104 Å². The normalized spacial score (nSPS) is 14.6. The monoisotopic (exact) mass is 1620 g/mol. The molecule has 0 bridgehead atoms. The first-order valence-electron chi connectivity index (χ1n) is 37.2. The molecular weight excluding hydrogens is 1500 g/mol. The van der Waals surface area contributed by atoms with E-state index in [0.29, 0.717) is 123 Å². The van der Waals surface area contributed by atoms with Crippen molar-refractivity contribution in [1.29, 1.82) is 0 Å². The highest BCUT2D eigenvalue weighted by Gasteiger charge is 2.24. The molecule has 40 heteroatoms. The zero-order chi connectivity index (χ0) is 84.9. The number of nitrogens with zero attached hydrogens (tertiary/aromatic N) is 13. The Labute approximate surface area is 667 Å². The van der Waals surface area contributed by atoms with Gasteiger partial charge in [-0.25, -0.2) is 4.90 Å². The fourth-order valence-corrected chi connectivity index (χ4v) is 10.7.